The van der Waals surface area contributed by atoms with E-state index in [4.69, 9.17) is 4.74 Å². The van der Waals surface area contributed by atoms with Crippen molar-refractivity contribution in [1.82, 2.24) is 14.7 Å². The van der Waals surface area contributed by atoms with Crippen LogP contribution in [0.25, 0.3) is 0 Å². The third kappa shape index (κ3) is 3.74. The van der Waals surface area contributed by atoms with Gasteiger partial charge in [-0.15, -0.1) is 10.0 Å². The van der Waals surface area contributed by atoms with Gasteiger partial charge in [0.1, 0.15) is 12.6 Å². The summed E-state index contributed by atoms with van der Waals surface area (Å²) in [6, 6.07) is 8.58. The maximum absolute atomic E-state index is 14.0. The van der Waals surface area contributed by atoms with Gasteiger partial charge in [0, 0.05) is 17.8 Å². The average molecular weight is 478 g/mol. The van der Waals surface area contributed by atoms with E-state index in [0.717, 1.165) is 31.5 Å². The summed E-state index contributed by atoms with van der Waals surface area (Å²) in [6.07, 6.45) is 1.93. The molecule has 3 saturated heterocycles. The quantitative estimate of drug-likeness (QED) is 0.517. The molecular formula is C24H35N3O5S. The Morgan fingerprint density at radius 3 is 2.42 bits per heavy atom. The molecule has 1 unspecified atom stereocenters. The van der Waals surface area contributed by atoms with Crippen molar-refractivity contribution in [3.8, 4) is 0 Å². The van der Waals surface area contributed by atoms with E-state index in [-0.39, 0.29) is 36.2 Å². The van der Waals surface area contributed by atoms with Crippen molar-refractivity contribution in [2.24, 2.45) is 0 Å². The van der Waals surface area contributed by atoms with Crippen LogP contribution in [-0.4, -0.2) is 92.3 Å². The normalized spacial score (nSPS) is 31.3. The SMILES string of the molecule is CN1CCC(N(C)C(=O)S2(CO)[C@@H]3CC(=O)N3[C@@H](C(=O)OCc3ccccc3)C2(C)C)CC1. The van der Waals surface area contributed by atoms with Gasteiger partial charge in [0.15, 0.2) is 0 Å². The van der Waals surface area contributed by atoms with Crippen LogP contribution in [0.1, 0.15) is 38.7 Å². The maximum atomic E-state index is 14.0. The third-order valence-electron chi connectivity index (χ3n) is 7.77. The molecule has 0 saturated carbocycles. The van der Waals surface area contributed by atoms with Crippen molar-refractivity contribution in [3.05, 3.63) is 35.9 Å². The van der Waals surface area contributed by atoms with E-state index >= 15 is 0 Å². The monoisotopic (exact) mass is 477 g/mol. The van der Waals surface area contributed by atoms with Gasteiger partial charge < -0.3 is 24.5 Å². The second kappa shape index (κ2) is 8.92. The highest BCUT2D eigenvalue weighted by Gasteiger charge is 2.72. The largest absolute Gasteiger partial charge is 0.459 e. The molecule has 33 heavy (non-hydrogen) atoms. The third-order valence-corrected chi connectivity index (χ3v) is 12.5. The Labute approximate surface area is 197 Å². The van der Waals surface area contributed by atoms with Crippen LogP contribution in [0.3, 0.4) is 0 Å². The lowest BCUT2D eigenvalue weighted by molar-refractivity contribution is -0.162. The van der Waals surface area contributed by atoms with Crippen molar-refractivity contribution in [2.75, 3.05) is 33.1 Å². The Balaban J connectivity index is 1.60. The number of β-lactam (4-membered cyclic amide) rings is 1. The van der Waals surface area contributed by atoms with Crippen molar-refractivity contribution < 1.29 is 24.2 Å². The van der Waals surface area contributed by atoms with Gasteiger partial charge >= 0.3 is 5.97 Å². The number of nitrogens with zero attached hydrogens (tertiary/aromatic N) is 3. The summed E-state index contributed by atoms with van der Waals surface area (Å²) in [7, 11) is 1.45. The van der Waals surface area contributed by atoms with Gasteiger partial charge in [0.25, 0.3) is 5.24 Å². The van der Waals surface area contributed by atoms with Crippen LogP contribution in [0.4, 0.5) is 4.79 Å². The molecule has 1 aromatic rings. The molecule has 9 heteroatoms. The molecule has 3 heterocycles. The number of piperidine rings is 1. The Morgan fingerprint density at radius 2 is 1.85 bits per heavy atom. The van der Waals surface area contributed by atoms with E-state index in [0.29, 0.717) is 0 Å². The smallest absolute Gasteiger partial charge is 0.330 e. The van der Waals surface area contributed by atoms with Gasteiger partial charge in [0.05, 0.1) is 17.7 Å². The molecule has 2 amide bonds. The summed E-state index contributed by atoms with van der Waals surface area (Å²) in [5, 5.41) is 10.2. The molecule has 182 valence electrons. The number of esters is 1. The van der Waals surface area contributed by atoms with E-state index in [1.807, 2.05) is 51.2 Å². The van der Waals surface area contributed by atoms with E-state index in [2.05, 4.69) is 11.9 Å². The second-order valence-corrected chi connectivity index (χ2v) is 13.7. The van der Waals surface area contributed by atoms with Crippen molar-refractivity contribution in [1.29, 1.82) is 0 Å². The van der Waals surface area contributed by atoms with E-state index in [1.54, 1.807) is 4.90 Å². The lowest BCUT2D eigenvalue weighted by atomic mass is 9.98. The van der Waals surface area contributed by atoms with Gasteiger partial charge in [-0.25, -0.2) is 4.79 Å². The number of likely N-dealkylation sites (tertiary alicyclic amines) is 1. The highest BCUT2D eigenvalue weighted by Crippen LogP contribution is 2.74. The van der Waals surface area contributed by atoms with Gasteiger partial charge in [-0.2, -0.15) is 0 Å². The fraction of sp³-hybridized carbons (Fsp3) is 0.625. The Morgan fingerprint density at radius 1 is 1.21 bits per heavy atom. The lowest BCUT2D eigenvalue weighted by Crippen LogP contribution is -2.57. The first-order valence-corrected chi connectivity index (χ1v) is 13.4. The summed E-state index contributed by atoms with van der Waals surface area (Å²) < 4.78 is 4.71. The highest BCUT2D eigenvalue weighted by atomic mass is 32.3. The predicted octanol–water partition coefficient (Wildman–Crippen LogP) is 2.35. The van der Waals surface area contributed by atoms with E-state index in [9.17, 15) is 19.5 Å². The number of aliphatic hydroxyl groups excluding tert-OH is 1. The van der Waals surface area contributed by atoms with Gasteiger partial charge in [-0.1, -0.05) is 30.3 Å². The Hall–Kier alpha value is -2.10. The number of hydrogen-bond acceptors (Lipinski definition) is 6. The number of rotatable bonds is 5. The minimum absolute atomic E-state index is 0.0914. The summed E-state index contributed by atoms with van der Waals surface area (Å²) in [6.45, 7) is 5.62. The van der Waals surface area contributed by atoms with Gasteiger partial charge in [-0.3, -0.25) is 9.59 Å². The molecule has 0 aliphatic carbocycles. The van der Waals surface area contributed by atoms with Crippen molar-refractivity contribution >= 4 is 27.1 Å². The first-order chi connectivity index (χ1) is 15.6. The fourth-order valence-corrected chi connectivity index (χ4v) is 9.90. The molecule has 0 bridgehead atoms. The number of ether oxygens (including phenoxy) is 1. The van der Waals surface area contributed by atoms with Crippen molar-refractivity contribution in [3.63, 3.8) is 0 Å². The number of carbonyl (C=O) groups excluding carboxylic acids is 3. The second-order valence-electron chi connectivity index (χ2n) is 9.89. The zero-order chi connectivity index (χ0) is 24.0. The number of carbonyl (C=O) groups is 3. The number of hydrogen-bond donors (Lipinski definition) is 1. The zero-order valence-corrected chi connectivity index (χ0v) is 20.7. The molecule has 3 aliphatic rings. The standard InChI is InChI=1S/C24H35N3O5S/c1-24(2)21(22(30)32-15-17-8-6-5-7-9-17)27-19(29)14-20(27)33(24,16-28)23(31)26(4)18-10-12-25(3)13-11-18/h5-9,18,20-21,28H,10-16H2,1-4H3/t20-,21+/m1/s1. The molecule has 0 aromatic heterocycles. The first-order valence-electron chi connectivity index (χ1n) is 11.5. The number of fused-ring (bicyclic) bond motifs is 1. The molecule has 3 fully saturated rings. The Kier molecular flexibility index (Phi) is 6.50. The minimum Gasteiger partial charge on any atom is -0.459 e. The van der Waals surface area contributed by atoms with Gasteiger partial charge in [-0.05, 0) is 52.4 Å². The van der Waals surface area contributed by atoms with Gasteiger partial charge in [0.2, 0.25) is 5.91 Å². The van der Waals surface area contributed by atoms with Crippen LogP contribution >= 0.6 is 10.0 Å². The summed E-state index contributed by atoms with van der Waals surface area (Å²) >= 11 is 0. The number of benzene rings is 1. The van der Waals surface area contributed by atoms with E-state index in [1.165, 1.54) is 4.90 Å². The van der Waals surface area contributed by atoms with Crippen LogP contribution < -0.4 is 0 Å². The fourth-order valence-electron chi connectivity index (χ4n) is 5.57. The van der Waals surface area contributed by atoms with Crippen molar-refractivity contribution in [2.45, 2.75) is 61.9 Å². The van der Waals surface area contributed by atoms with Crippen LogP contribution in [0.2, 0.25) is 0 Å². The number of amides is 2. The summed E-state index contributed by atoms with van der Waals surface area (Å²) in [5.74, 6) is -1.01. The first kappa shape index (κ1) is 24.0. The molecule has 8 nitrogen and oxygen atoms in total. The molecule has 0 spiro atoms. The summed E-state index contributed by atoms with van der Waals surface area (Å²) in [5.41, 5.74) is 0.854. The zero-order valence-electron chi connectivity index (χ0n) is 19.9. The Bertz CT molecular complexity index is 918. The topological polar surface area (TPSA) is 90.4 Å². The van der Waals surface area contributed by atoms with Crippen LogP contribution in [0.5, 0.6) is 0 Å². The molecular weight excluding hydrogens is 442 g/mol. The lowest BCUT2D eigenvalue weighted by Gasteiger charge is -2.52. The molecule has 1 N–H and O–H groups in total. The van der Waals surface area contributed by atoms with Crippen LogP contribution in [-0.2, 0) is 20.9 Å². The predicted molar refractivity (Wildman–Crippen MR) is 128 cm³/mol. The minimum atomic E-state index is -2.44. The molecule has 4 rings (SSSR count). The maximum Gasteiger partial charge on any atom is 0.330 e. The van der Waals surface area contributed by atoms with Crippen LogP contribution in [0.15, 0.2) is 30.3 Å². The van der Waals surface area contributed by atoms with E-state index < -0.39 is 32.2 Å². The molecule has 3 aliphatic heterocycles. The highest BCUT2D eigenvalue weighted by molar-refractivity contribution is 8.46. The molecule has 0 radical (unpaired) electrons. The molecule has 1 aromatic carbocycles. The average Bonchev–Trinajstić information content (AvgIpc) is 2.97. The summed E-state index contributed by atoms with van der Waals surface area (Å²) in [4.78, 5) is 45.5. The molecule has 3 atom stereocenters. The van der Waals surface area contributed by atoms with Crippen LogP contribution in [0, 0.1) is 0 Å². The number of aliphatic hydroxyl groups is 1.